The molecule has 1 nitrogen and oxygen atoms in total. The molecule has 0 spiro atoms. The van der Waals surface area contributed by atoms with Gasteiger partial charge in [-0.25, -0.2) is 0 Å². The Balaban J connectivity index is 2.50. The van der Waals surface area contributed by atoms with Crippen LogP contribution in [0.25, 0.3) is 0 Å². The van der Waals surface area contributed by atoms with Gasteiger partial charge in [-0.1, -0.05) is 31.2 Å². The zero-order valence-corrected chi connectivity index (χ0v) is 9.51. The molecule has 0 radical (unpaired) electrons. The number of aryl methyl sites for hydroxylation is 2. The van der Waals surface area contributed by atoms with E-state index in [9.17, 15) is 0 Å². The SMILES string of the molecule is CCc1cccc(CCC(C)NC)c1. The minimum atomic E-state index is 0.611. The molecule has 0 aliphatic carbocycles. The highest BCUT2D eigenvalue weighted by Gasteiger charge is 1.99. The summed E-state index contributed by atoms with van der Waals surface area (Å²) in [5.41, 5.74) is 2.91. The van der Waals surface area contributed by atoms with Crippen LogP contribution in [0.5, 0.6) is 0 Å². The van der Waals surface area contributed by atoms with Crippen LogP contribution in [0.3, 0.4) is 0 Å². The Morgan fingerprint density at radius 1 is 1.29 bits per heavy atom. The first kappa shape index (κ1) is 11.3. The second-order valence-electron chi connectivity index (χ2n) is 3.90. The highest BCUT2D eigenvalue weighted by molar-refractivity contribution is 5.23. The highest BCUT2D eigenvalue weighted by Crippen LogP contribution is 2.09. The van der Waals surface area contributed by atoms with Gasteiger partial charge in [0.05, 0.1) is 0 Å². The van der Waals surface area contributed by atoms with Gasteiger partial charge in [0.1, 0.15) is 0 Å². The molecule has 1 aromatic carbocycles. The van der Waals surface area contributed by atoms with Crippen molar-refractivity contribution in [3.8, 4) is 0 Å². The van der Waals surface area contributed by atoms with Crippen molar-refractivity contribution in [2.45, 2.75) is 39.2 Å². The van der Waals surface area contributed by atoms with E-state index in [-0.39, 0.29) is 0 Å². The number of hydrogen-bond acceptors (Lipinski definition) is 1. The van der Waals surface area contributed by atoms with E-state index in [2.05, 4.69) is 43.4 Å². The third kappa shape index (κ3) is 3.51. The Hall–Kier alpha value is -0.820. The molecule has 0 fully saturated rings. The van der Waals surface area contributed by atoms with Crippen molar-refractivity contribution in [2.24, 2.45) is 0 Å². The predicted octanol–water partition coefficient (Wildman–Crippen LogP) is 2.79. The van der Waals surface area contributed by atoms with Gasteiger partial charge < -0.3 is 5.32 Å². The van der Waals surface area contributed by atoms with Gasteiger partial charge in [0.2, 0.25) is 0 Å². The maximum atomic E-state index is 3.26. The van der Waals surface area contributed by atoms with Crippen LogP contribution < -0.4 is 5.32 Å². The van der Waals surface area contributed by atoms with Crippen LogP contribution in [0.4, 0.5) is 0 Å². The molecular formula is C13H21N. The Bertz CT molecular complexity index is 268. The summed E-state index contributed by atoms with van der Waals surface area (Å²) in [6.07, 6.45) is 3.52. The van der Waals surface area contributed by atoms with Gasteiger partial charge in [-0.05, 0) is 44.4 Å². The van der Waals surface area contributed by atoms with Crippen LogP contribution in [-0.4, -0.2) is 13.1 Å². The molecule has 1 unspecified atom stereocenters. The third-order valence-corrected chi connectivity index (χ3v) is 2.76. The molecule has 0 bridgehead atoms. The van der Waals surface area contributed by atoms with Crippen LogP contribution >= 0.6 is 0 Å². The first-order chi connectivity index (χ1) is 6.76. The van der Waals surface area contributed by atoms with Gasteiger partial charge in [-0.3, -0.25) is 0 Å². The van der Waals surface area contributed by atoms with Crippen molar-refractivity contribution in [3.05, 3.63) is 35.4 Å². The van der Waals surface area contributed by atoms with Crippen LogP contribution in [0, 0.1) is 0 Å². The molecule has 1 rings (SSSR count). The lowest BCUT2D eigenvalue weighted by molar-refractivity contribution is 0.565. The molecule has 14 heavy (non-hydrogen) atoms. The molecule has 0 saturated heterocycles. The second-order valence-corrected chi connectivity index (χ2v) is 3.90. The zero-order valence-electron chi connectivity index (χ0n) is 9.51. The Morgan fingerprint density at radius 3 is 2.64 bits per heavy atom. The quantitative estimate of drug-likeness (QED) is 0.754. The molecule has 1 heteroatoms. The highest BCUT2D eigenvalue weighted by atomic mass is 14.8. The summed E-state index contributed by atoms with van der Waals surface area (Å²) in [5.74, 6) is 0. The van der Waals surface area contributed by atoms with Gasteiger partial charge in [-0.15, -0.1) is 0 Å². The molecule has 0 aliphatic rings. The van der Waals surface area contributed by atoms with Crippen molar-refractivity contribution in [2.75, 3.05) is 7.05 Å². The van der Waals surface area contributed by atoms with E-state index in [1.807, 2.05) is 7.05 Å². The number of rotatable bonds is 5. The fraction of sp³-hybridized carbons (Fsp3) is 0.538. The van der Waals surface area contributed by atoms with Gasteiger partial charge in [0, 0.05) is 6.04 Å². The van der Waals surface area contributed by atoms with E-state index in [0.717, 1.165) is 6.42 Å². The molecule has 0 saturated carbocycles. The maximum absolute atomic E-state index is 3.26. The van der Waals surface area contributed by atoms with Crippen LogP contribution in [0.1, 0.15) is 31.4 Å². The van der Waals surface area contributed by atoms with Crippen LogP contribution in [0.15, 0.2) is 24.3 Å². The predicted molar refractivity (Wildman–Crippen MR) is 62.7 cm³/mol. The standard InChI is InChI=1S/C13H21N/c1-4-12-6-5-7-13(10-12)9-8-11(2)14-3/h5-7,10-11,14H,4,8-9H2,1-3H3. The molecule has 0 amide bonds. The molecule has 0 aliphatic heterocycles. The zero-order chi connectivity index (χ0) is 10.4. The first-order valence-corrected chi connectivity index (χ1v) is 5.51. The maximum Gasteiger partial charge on any atom is 0.00388 e. The smallest absolute Gasteiger partial charge is 0.00388 e. The minimum Gasteiger partial charge on any atom is -0.317 e. The summed E-state index contributed by atoms with van der Waals surface area (Å²) in [7, 11) is 2.02. The fourth-order valence-corrected chi connectivity index (χ4v) is 1.53. The average molecular weight is 191 g/mol. The van der Waals surface area contributed by atoms with Crippen LogP contribution in [-0.2, 0) is 12.8 Å². The average Bonchev–Trinajstić information content (AvgIpc) is 2.26. The Morgan fingerprint density at radius 2 is 2.00 bits per heavy atom. The lowest BCUT2D eigenvalue weighted by Crippen LogP contribution is -2.21. The molecule has 0 aromatic heterocycles. The minimum absolute atomic E-state index is 0.611. The van der Waals surface area contributed by atoms with Gasteiger partial charge in [0.15, 0.2) is 0 Å². The largest absolute Gasteiger partial charge is 0.317 e. The number of nitrogens with one attached hydrogen (secondary N) is 1. The third-order valence-electron chi connectivity index (χ3n) is 2.76. The topological polar surface area (TPSA) is 12.0 Å². The van der Waals surface area contributed by atoms with E-state index in [0.29, 0.717) is 6.04 Å². The Kier molecular flexibility index (Phi) is 4.68. The Labute approximate surface area is 87.5 Å². The van der Waals surface area contributed by atoms with Gasteiger partial charge in [-0.2, -0.15) is 0 Å². The van der Waals surface area contributed by atoms with E-state index >= 15 is 0 Å². The fourth-order valence-electron chi connectivity index (χ4n) is 1.53. The lowest BCUT2D eigenvalue weighted by Gasteiger charge is -2.10. The van der Waals surface area contributed by atoms with E-state index in [4.69, 9.17) is 0 Å². The van der Waals surface area contributed by atoms with E-state index in [1.54, 1.807) is 0 Å². The number of hydrogen-bond donors (Lipinski definition) is 1. The van der Waals surface area contributed by atoms with E-state index < -0.39 is 0 Å². The first-order valence-electron chi connectivity index (χ1n) is 5.51. The summed E-state index contributed by atoms with van der Waals surface area (Å²) in [5, 5.41) is 3.26. The molecule has 78 valence electrons. The van der Waals surface area contributed by atoms with Crippen molar-refractivity contribution < 1.29 is 0 Å². The normalized spacial score (nSPS) is 12.8. The monoisotopic (exact) mass is 191 g/mol. The van der Waals surface area contributed by atoms with Crippen molar-refractivity contribution in [1.29, 1.82) is 0 Å². The van der Waals surface area contributed by atoms with Crippen molar-refractivity contribution in [3.63, 3.8) is 0 Å². The molecule has 1 N–H and O–H groups in total. The van der Waals surface area contributed by atoms with E-state index in [1.165, 1.54) is 24.0 Å². The van der Waals surface area contributed by atoms with Crippen molar-refractivity contribution in [1.82, 2.24) is 5.32 Å². The summed E-state index contributed by atoms with van der Waals surface area (Å²) in [6, 6.07) is 9.52. The molecule has 1 atom stereocenters. The lowest BCUT2D eigenvalue weighted by atomic mass is 10.0. The number of benzene rings is 1. The molecule has 0 heterocycles. The summed E-state index contributed by atoms with van der Waals surface area (Å²) >= 11 is 0. The van der Waals surface area contributed by atoms with Gasteiger partial charge in [0.25, 0.3) is 0 Å². The summed E-state index contributed by atoms with van der Waals surface area (Å²) in [4.78, 5) is 0. The summed E-state index contributed by atoms with van der Waals surface area (Å²) in [6.45, 7) is 4.43. The summed E-state index contributed by atoms with van der Waals surface area (Å²) < 4.78 is 0. The molecule has 1 aromatic rings. The molecular weight excluding hydrogens is 170 g/mol. The second kappa shape index (κ2) is 5.82. The van der Waals surface area contributed by atoms with Crippen molar-refractivity contribution >= 4 is 0 Å². The van der Waals surface area contributed by atoms with Gasteiger partial charge >= 0.3 is 0 Å². The van der Waals surface area contributed by atoms with Crippen LogP contribution in [0.2, 0.25) is 0 Å².